The van der Waals surface area contributed by atoms with Crippen molar-refractivity contribution in [2.45, 2.75) is 37.5 Å². The van der Waals surface area contributed by atoms with Gasteiger partial charge in [0.05, 0.1) is 0 Å². The standard InChI is InChI=1S/C14H16F3N3O2.ClH/c15-14(16,17)11-4-3-10(12(21)19-11)13(22)20-8-1-2-9(20)7-18-6-5-8;/h3-4,8-9,18H,1-2,5-7H2,(H,19,21);1H. The summed E-state index contributed by atoms with van der Waals surface area (Å²) >= 11 is 0. The van der Waals surface area contributed by atoms with Gasteiger partial charge in [-0.3, -0.25) is 9.59 Å². The number of nitrogens with one attached hydrogen (secondary N) is 2. The highest BCUT2D eigenvalue weighted by Crippen LogP contribution is 2.30. The predicted octanol–water partition coefficient (Wildman–Crippen LogP) is 1.78. The van der Waals surface area contributed by atoms with Crippen molar-refractivity contribution in [3.63, 3.8) is 0 Å². The van der Waals surface area contributed by atoms with Crippen molar-refractivity contribution in [1.82, 2.24) is 15.2 Å². The van der Waals surface area contributed by atoms with Gasteiger partial charge in [-0.2, -0.15) is 13.2 Å². The second-order valence-electron chi connectivity index (χ2n) is 5.70. The van der Waals surface area contributed by atoms with Crippen LogP contribution in [0.2, 0.25) is 0 Å². The number of hydrogen-bond donors (Lipinski definition) is 2. The highest BCUT2D eigenvalue weighted by atomic mass is 35.5. The molecule has 1 amide bonds. The van der Waals surface area contributed by atoms with E-state index in [0.717, 1.165) is 37.9 Å². The first-order chi connectivity index (χ1) is 10.4. The number of alkyl halides is 3. The van der Waals surface area contributed by atoms with Crippen molar-refractivity contribution >= 4 is 18.3 Å². The molecule has 1 aromatic rings. The lowest BCUT2D eigenvalue weighted by atomic mass is 10.1. The van der Waals surface area contributed by atoms with Gasteiger partial charge in [0.1, 0.15) is 11.3 Å². The van der Waals surface area contributed by atoms with Gasteiger partial charge < -0.3 is 15.2 Å². The third-order valence-corrected chi connectivity index (χ3v) is 4.33. The number of carbonyl (C=O) groups excluding carboxylic acids is 1. The fourth-order valence-corrected chi connectivity index (χ4v) is 3.26. The van der Waals surface area contributed by atoms with Gasteiger partial charge in [0, 0.05) is 18.6 Å². The molecule has 2 N–H and O–H groups in total. The molecule has 2 unspecified atom stereocenters. The number of aromatic amines is 1. The van der Waals surface area contributed by atoms with Gasteiger partial charge in [-0.15, -0.1) is 12.4 Å². The largest absolute Gasteiger partial charge is 0.431 e. The molecule has 0 saturated carbocycles. The SMILES string of the molecule is Cl.O=C(c1ccc(C(F)(F)F)[nH]c1=O)N1C2CCNCC1CC2. The summed E-state index contributed by atoms with van der Waals surface area (Å²) in [5, 5.41) is 3.23. The number of aromatic nitrogens is 1. The summed E-state index contributed by atoms with van der Waals surface area (Å²) in [6.45, 7) is 1.45. The molecule has 5 nitrogen and oxygen atoms in total. The quantitative estimate of drug-likeness (QED) is 0.810. The van der Waals surface area contributed by atoms with Crippen LogP contribution < -0.4 is 10.9 Å². The number of rotatable bonds is 1. The Labute approximate surface area is 136 Å². The smallest absolute Gasteiger partial charge is 0.331 e. The van der Waals surface area contributed by atoms with Crippen molar-refractivity contribution in [3.8, 4) is 0 Å². The number of amides is 1. The predicted molar refractivity (Wildman–Crippen MR) is 79.8 cm³/mol. The number of carbonyl (C=O) groups is 1. The average Bonchev–Trinajstić information content (AvgIpc) is 2.70. The van der Waals surface area contributed by atoms with Crippen LogP contribution in [0.3, 0.4) is 0 Å². The van der Waals surface area contributed by atoms with Gasteiger partial charge in [0.2, 0.25) is 0 Å². The van der Waals surface area contributed by atoms with Crippen LogP contribution in [0.1, 0.15) is 35.3 Å². The number of hydrogen-bond acceptors (Lipinski definition) is 3. The molecule has 0 aliphatic carbocycles. The zero-order valence-electron chi connectivity index (χ0n) is 12.2. The molecule has 0 spiro atoms. The molecule has 2 fully saturated rings. The van der Waals surface area contributed by atoms with E-state index in [1.54, 1.807) is 9.88 Å². The van der Waals surface area contributed by atoms with Crippen LogP contribution in [0, 0.1) is 0 Å². The topological polar surface area (TPSA) is 65.2 Å². The molecular formula is C14H17ClF3N3O2. The van der Waals surface area contributed by atoms with Crippen molar-refractivity contribution < 1.29 is 18.0 Å². The Balaban J connectivity index is 0.00000192. The number of fused-ring (bicyclic) bond motifs is 2. The molecule has 2 saturated heterocycles. The van der Waals surface area contributed by atoms with Crippen LogP contribution in [0.15, 0.2) is 16.9 Å². The molecule has 1 aromatic heterocycles. The van der Waals surface area contributed by atoms with Gasteiger partial charge in [0.15, 0.2) is 0 Å². The van der Waals surface area contributed by atoms with E-state index in [4.69, 9.17) is 0 Å². The normalized spacial score (nSPS) is 24.0. The Morgan fingerprint density at radius 2 is 1.87 bits per heavy atom. The molecule has 0 aromatic carbocycles. The minimum atomic E-state index is -4.63. The maximum atomic E-state index is 12.6. The van der Waals surface area contributed by atoms with Crippen LogP contribution in [0.25, 0.3) is 0 Å². The Bertz CT molecular complexity index is 633. The van der Waals surface area contributed by atoms with Gasteiger partial charge in [0.25, 0.3) is 11.5 Å². The van der Waals surface area contributed by atoms with E-state index in [2.05, 4.69) is 5.32 Å². The second-order valence-corrected chi connectivity index (χ2v) is 5.70. The first-order valence-corrected chi connectivity index (χ1v) is 7.22. The Morgan fingerprint density at radius 1 is 1.17 bits per heavy atom. The highest BCUT2D eigenvalue weighted by molar-refractivity contribution is 5.94. The maximum absolute atomic E-state index is 12.6. The van der Waals surface area contributed by atoms with E-state index in [1.807, 2.05) is 0 Å². The van der Waals surface area contributed by atoms with Crippen LogP contribution in [-0.4, -0.2) is 41.0 Å². The summed E-state index contributed by atoms with van der Waals surface area (Å²) in [5.74, 6) is -0.480. The van der Waals surface area contributed by atoms with Crippen LogP contribution in [-0.2, 0) is 6.18 Å². The first kappa shape index (κ1) is 17.8. The molecule has 2 atom stereocenters. The second kappa shape index (κ2) is 6.52. The van der Waals surface area contributed by atoms with E-state index in [1.165, 1.54) is 0 Å². The Kier molecular flexibility index (Phi) is 5.05. The van der Waals surface area contributed by atoms with Crippen molar-refractivity contribution in [3.05, 3.63) is 33.7 Å². The molecule has 2 aliphatic heterocycles. The van der Waals surface area contributed by atoms with Crippen LogP contribution >= 0.6 is 12.4 Å². The number of halogens is 4. The van der Waals surface area contributed by atoms with Gasteiger partial charge in [-0.05, 0) is 37.9 Å². The molecule has 3 rings (SSSR count). The lowest BCUT2D eigenvalue weighted by Gasteiger charge is -2.27. The molecule has 2 bridgehead atoms. The summed E-state index contributed by atoms with van der Waals surface area (Å²) in [5.41, 5.74) is -2.36. The molecule has 2 aliphatic rings. The molecule has 0 radical (unpaired) electrons. The maximum Gasteiger partial charge on any atom is 0.431 e. The minimum Gasteiger partial charge on any atom is -0.331 e. The summed E-state index contributed by atoms with van der Waals surface area (Å²) in [6, 6.07) is 1.77. The molecule has 23 heavy (non-hydrogen) atoms. The van der Waals surface area contributed by atoms with E-state index in [9.17, 15) is 22.8 Å². The van der Waals surface area contributed by atoms with Gasteiger partial charge >= 0.3 is 6.18 Å². The van der Waals surface area contributed by atoms with Crippen molar-refractivity contribution in [1.29, 1.82) is 0 Å². The summed E-state index contributed by atoms with van der Waals surface area (Å²) in [7, 11) is 0. The van der Waals surface area contributed by atoms with E-state index < -0.39 is 23.3 Å². The molecule has 9 heteroatoms. The number of H-pyrrole nitrogens is 1. The number of nitrogens with zero attached hydrogens (tertiary/aromatic N) is 1. The fourth-order valence-electron chi connectivity index (χ4n) is 3.26. The molecule has 3 heterocycles. The van der Waals surface area contributed by atoms with Crippen molar-refractivity contribution in [2.75, 3.05) is 13.1 Å². The van der Waals surface area contributed by atoms with Crippen molar-refractivity contribution in [2.24, 2.45) is 0 Å². The fraction of sp³-hybridized carbons (Fsp3) is 0.571. The summed E-state index contributed by atoms with van der Waals surface area (Å²) < 4.78 is 37.7. The van der Waals surface area contributed by atoms with Gasteiger partial charge in [-0.1, -0.05) is 0 Å². The lowest BCUT2D eigenvalue weighted by molar-refractivity contribution is -0.141. The molecular weight excluding hydrogens is 335 g/mol. The zero-order valence-corrected chi connectivity index (χ0v) is 13.0. The Hall–Kier alpha value is -1.54. The van der Waals surface area contributed by atoms with Crippen LogP contribution in [0.4, 0.5) is 13.2 Å². The van der Waals surface area contributed by atoms with E-state index in [0.29, 0.717) is 6.54 Å². The lowest BCUT2D eigenvalue weighted by Crippen LogP contribution is -2.44. The third kappa shape index (κ3) is 3.37. The van der Waals surface area contributed by atoms with Gasteiger partial charge in [-0.25, -0.2) is 0 Å². The Morgan fingerprint density at radius 3 is 2.52 bits per heavy atom. The van der Waals surface area contributed by atoms with E-state index >= 15 is 0 Å². The highest BCUT2D eigenvalue weighted by Gasteiger charge is 2.39. The third-order valence-electron chi connectivity index (χ3n) is 4.33. The summed E-state index contributed by atoms with van der Waals surface area (Å²) in [4.78, 5) is 27.9. The first-order valence-electron chi connectivity index (χ1n) is 7.22. The summed E-state index contributed by atoms with van der Waals surface area (Å²) in [6.07, 6.45) is -2.12. The van der Waals surface area contributed by atoms with Crippen LogP contribution in [0.5, 0.6) is 0 Å². The van der Waals surface area contributed by atoms with E-state index in [-0.39, 0.29) is 30.1 Å². The zero-order chi connectivity index (χ0) is 15.9. The number of pyridine rings is 1. The average molecular weight is 352 g/mol. The minimum absolute atomic E-state index is 0. The monoisotopic (exact) mass is 351 g/mol. The molecule has 128 valence electrons.